The van der Waals surface area contributed by atoms with Crippen LogP contribution in [0.1, 0.15) is 20.8 Å². The van der Waals surface area contributed by atoms with Crippen LogP contribution in [0.15, 0.2) is 30.6 Å². The quantitative estimate of drug-likeness (QED) is 0.587. The average Bonchev–Trinajstić information content (AvgIpc) is 2.95. The normalized spacial score (nSPS) is 11.3. The van der Waals surface area contributed by atoms with Gasteiger partial charge in [-0.3, -0.25) is 0 Å². The van der Waals surface area contributed by atoms with Crippen molar-refractivity contribution in [3.63, 3.8) is 0 Å². The van der Waals surface area contributed by atoms with E-state index in [-0.39, 0.29) is 17.9 Å². The van der Waals surface area contributed by atoms with Crippen LogP contribution in [0.2, 0.25) is 5.02 Å². The number of aromatic nitrogens is 4. The minimum Gasteiger partial charge on any atom is -0.352 e. The van der Waals surface area contributed by atoms with Crippen molar-refractivity contribution in [1.29, 1.82) is 0 Å². The standard InChI is InChI=1S/C17H22ClN7.ClH/c1-4-25-10-21-13-14(22-12-7-5-6-11(18)8-12)23-16(24-15(13)25)20-9-17(2,3)19;/h5-8,10H,4,9,19H2,1-3H3,(H2,20,22,23,24);1H. The van der Waals surface area contributed by atoms with E-state index >= 15 is 0 Å². The van der Waals surface area contributed by atoms with E-state index in [0.29, 0.717) is 28.9 Å². The molecule has 9 heteroatoms. The van der Waals surface area contributed by atoms with Gasteiger partial charge in [-0.2, -0.15) is 9.97 Å². The fourth-order valence-corrected chi connectivity index (χ4v) is 2.54. The van der Waals surface area contributed by atoms with Gasteiger partial charge in [0.1, 0.15) is 0 Å². The Hall–Kier alpha value is -2.09. The zero-order valence-electron chi connectivity index (χ0n) is 15.0. The number of hydrogen-bond acceptors (Lipinski definition) is 6. The molecule has 4 N–H and O–H groups in total. The van der Waals surface area contributed by atoms with Gasteiger partial charge in [-0.15, -0.1) is 12.4 Å². The van der Waals surface area contributed by atoms with E-state index in [9.17, 15) is 0 Å². The molecule has 0 saturated heterocycles. The number of rotatable bonds is 6. The van der Waals surface area contributed by atoms with E-state index in [0.717, 1.165) is 17.9 Å². The first kappa shape index (κ1) is 20.2. The minimum atomic E-state index is -0.371. The molecule has 0 aliphatic rings. The van der Waals surface area contributed by atoms with Crippen LogP contribution < -0.4 is 16.4 Å². The summed E-state index contributed by atoms with van der Waals surface area (Å²) in [6.07, 6.45) is 1.76. The van der Waals surface area contributed by atoms with Crippen LogP contribution in [0.25, 0.3) is 11.2 Å². The first-order valence-electron chi connectivity index (χ1n) is 8.14. The summed E-state index contributed by atoms with van der Waals surface area (Å²) in [5.41, 5.74) is 7.98. The Morgan fingerprint density at radius 1 is 1.27 bits per heavy atom. The molecule has 0 unspecified atom stereocenters. The molecule has 0 atom stereocenters. The summed E-state index contributed by atoms with van der Waals surface area (Å²) in [6.45, 7) is 7.25. The molecule has 2 aromatic heterocycles. The van der Waals surface area contributed by atoms with Crippen molar-refractivity contribution in [1.82, 2.24) is 19.5 Å². The van der Waals surface area contributed by atoms with Gasteiger partial charge < -0.3 is 20.9 Å². The zero-order valence-corrected chi connectivity index (χ0v) is 16.5. The highest BCUT2D eigenvalue weighted by atomic mass is 35.5. The Morgan fingerprint density at radius 2 is 2.04 bits per heavy atom. The third kappa shape index (κ3) is 4.75. The number of aryl methyl sites for hydroxylation is 1. The summed E-state index contributed by atoms with van der Waals surface area (Å²) in [5.74, 6) is 1.13. The van der Waals surface area contributed by atoms with Gasteiger partial charge in [0.2, 0.25) is 5.95 Å². The van der Waals surface area contributed by atoms with Gasteiger partial charge >= 0.3 is 0 Å². The van der Waals surface area contributed by atoms with Crippen molar-refractivity contribution < 1.29 is 0 Å². The van der Waals surface area contributed by atoms with Crippen LogP contribution in [0.4, 0.5) is 17.5 Å². The molecule has 0 bridgehead atoms. The maximum absolute atomic E-state index is 6.07. The van der Waals surface area contributed by atoms with Crippen molar-refractivity contribution >= 4 is 52.6 Å². The first-order valence-corrected chi connectivity index (χ1v) is 8.52. The lowest BCUT2D eigenvalue weighted by atomic mass is 10.1. The fourth-order valence-electron chi connectivity index (χ4n) is 2.35. The summed E-state index contributed by atoms with van der Waals surface area (Å²) >= 11 is 6.07. The maximum atomic E-state index is 6.07. The number of halogens is 2. The highest BCUT2D eigenvalue weighted by Gasteiger charge is 2.15. The second kappa shape index (κ2) is 8.07. The van der Waals surface area contributed by atoms with Crippen molar-refractivity contribution in [2.75, 3.05) is 17.2 Å². The van der Waals surface area contributed by atoms with Crippen molar-refractivity contribution in [3.8, 4) is 0 Å². The number of hydrogen-bond donors (Lipinski definition) is 3. The highest BCUT2D eigenvalue weighted by molar-refractivity contribution is 6.30. The predicted molar refractivity (Wildman–Crippen MR) is 110 cm³/mol. The van der Waals surface area contributed by atoms with Gasteiger partial charge in [0, 0.05) is 29.3 Å². The topological polar surface area (TPSA) is 93.7 Å². The monoisotopic (exact) mass is 395 g/mol. The lowest BCUT2D eigenvalue weighted by Crippen LogP contribution is -2.40. The van der Waals surface area contributed by atoms with Crippen LogP contribution >= 0.6 is 24.0 Å². The number of benzene rings is 1. The largest absolute Gasteiger partial charge is 0.352 e. The summed E-state index contributed by atoms with van der Waals surface area (Å²) < 4.78 is 1.97. The molecule has 0 radical (unpaired) electrons. The van der Waals surface area contributed by atoms with Crippen LogP contribution in [-0.4, -0.2) is 31.6 Å². The van der Waals surface area contributed by atoms with Crippen LogP contribution in [-0.2, 0) is 6.54 Å². The number of fused-ring (bicyclic) bond motifs is 1. The second-order valence-corrected chi connectivity index (χ2v) is 7.01. The van der Waals surface area contributed by atoms with Crippen molar-refractivity contribution in [3.05, 3.63) is 35.6 Å². The Labute approximate surface area is 163 Å². The van der Waals surface area contributed by atoms with Gasteiger partial charge in [-0.1, -0.05) is 17.7 Å². The van der Waals surface area contributed by atoms with Crippen LogP contribution in [0, 0.1) is 0 Å². The van der Waals surface area contributed by atoms with E-state index in [4.69, 9.17) is 17.3 Å². The molecular weight excluding hydrogens is 373 g/mol. The van der Waals surface area contributed by atoms with Gasteiger partial charge in [-0.05, 0) is 39.0 Å². The third-order valence-corrected chi connectivity index (χ3v) is 3.83. The zero-order chi connectivity index (χ0) is 18.0. The van der Waals surface area contributed by atoms with E-state index in [2.05, 4.69) is 25.6 Å². The molecule has 3 aromatic rings. The van der Waals surface area contributed by atoms with Gasteiger partial charge in [0.05, 0.1) is 6.33 Å². The Balaban J connectivity index is 0.00000243. The smallest absolute Gasteiger partial charge is 0.226 e. The minimum absolute atomic E-state index is 0. The maximum Gasteiger partial charge on any atom is 0.226 e. The molecule has 0 aliphatic heterocycles. The SMILES string of the molecule is CCn1cnc2c(Nc3cccc(Cl)c3)nc(NCC(C)(C)N)nc21.Cl. The van der Waals surface area contributed by atoms with E-state index in [1.54, 1.807) is 6.33 Å². The molecule has 0 spiro atoms. The molecule has 1 aromatic carbocycles. The molecule has 3 rings (SSSR count). The van der Waals surface area contributed by atoms with E-state index in [1.807, 2.05) is 49.6 Å². The molecule has 0 fully saturated rings. The Bertz CT molecular complexity index is 886. The number of nitrogens with two attached hydrogens (primary N) is 1. The average molecular weight is 396 g/mol. The second-order valence-electron chi connectivity index (χ2n) is 6.58. The van der Waals surface area contributed by atoms with Gasteiger partial charge in [0.25, 0.3) is 0 Å². The summed E-state index contributed by atoms with van der Waals surface area (Å²) in [7, 11) is 0. The Kier molecular flexibility index (Phi) is 6.28. The van der Waals surface area contributed by atoms with Gasteiger partial charge in [0.15, 0.2) is 17.0 Å². The lowest BCUT2D eigenvalue weighted by molar-refractivity contribution is 0.547. The van der Waals surface area contributed by atoms with Crippen molar-refractivity contribution in [2.45, 2.75) is 32.9 Å². The Morgan fingerprint density at radius 3 is 2.69 bits per heavy atom. The molecule has 0 saturated carbocycles. The first-order chi connectivity index (χ1) is 11.9. The number of anilines is 3. The predicted octanol–water partition coefficient (Wildman–Crippen LogP) is 3.81. The number of nitrogens with one attached hydrogen (secondary N) is 2. The molecule has 2 heterocycles. The highest BCUT2D eigenvalue weighted by Crippen LogP contribution is 2.25. The van der Waals surface area contributed by atoms with E-state index in [1.165, 1.54) is 0 Å². The number of imidazole rings is 1. The summed E-state index contributed by atoms with van der Waals surface area (Å²) in [4.78, 5) is 13.6. The molecule has 26 heavy (non-hydrogen) atoms. The third-order valence-electron chi connectivity index (χ3n) is 3.59. The molecule has 0 aliphatic carbocycles. The van der Waals surface area contributed by atoms with Gasteiger partial charge in [-0.25, -0.2) is 4.98 Å². The summed E-state index contributed by atoms with van der Waals surface area (Å²) in [5, 5.41) is 7.13. The summed E-state index contributed by atoms with van der Waals surface area (Å²) in [6, 6.07) is 7.46. The lowest BCUT2D eigenvalue weighted by Gasteiger charge is -2.19. The fraction of sp³-hybridized carbons (Fsp3) is 0.353. The van der Waals surface area contributed by atoms with Crippen LogP contribution in [0.5, 0.6) is 0 Å². The molecular formula is C17H23Cl2N7. The molecule has 0 amide bonds. The van der Waals surface area contributed by atoms with Crippen LogP contribution in [0.3, 0.4) is 0 Å². The van der Waals surface area contributed by atoms with E-state index < -0.39 is 0 Å². The molecule has 140 valence electrons. The van der Waals surface area contributed by atoms with Crippen molar-refractivity contribution in [2.24, 2.45) is 5.73 Å². The number of nitrogens with zero attached hydrogens (tertiary/aromatic N) is 4. The molecule has 7 nitrogen and oxygen atoms in total.